The van der Waals surface area contributed by atoms with Gasteiger partial charge in [0.2, 0.25) is 5.91 Å². The van der Waals surface area contributed by atoms with Crippen LogP contribution in [0.5, 0.6) is 0 Å². The zero-order valence-corrected chi connectivity index (χ0v) is 11.4. The summed E-state index contributed by atoms with van der Waals surface area (Å²) in [5.74, 6) is 1.84. The number of hydrogen-bond acceptors (Lipinski definition) is 1. The van der Waals surface area contributed by atoms with Crippen molar-refractivity contribution in [3.63, 3.8) is 0 Å². The van der Waals surface area contributed by atoms with E-state index in [0.29, 0.717) is 12.4 Å². The van der Waals surface area contributed by atoms with Crippen molar-refractivity contribution in [2.75, 3.05) is 12.4 Å². The number of alkyl halides is 1. The highest BCUT2D eigenvalue weighted by atomic mass is 35.5. The number of carbonyl (C=O) groups excluding carboxylic acids is 1. The van der Waals surface area contributed by atoms with E-state index in [9.17, 15) is 4.79 Å². The van der Waals surface area contributed by atoms with Gasteiger partial charge in [0.05, 0.1) is 0 Å². The van der Waals surface area contributed by atoms with Crippen LogP contribution in [0.4, 0.5) is 0 Å². The van der Waals surface area contributed by atoms with Crippen LogP contribution in [-0.2, 0) is 4.79 Å². The number of nitrogens with one attached hydrogen (secondary N) is 1. The molecule has 1 fully saturated rings. The van der Waals surface area contributed by atoms with Crippen molar-refractivity contribution in [1.82, 2.24) is 5.32 Å². The largest absolute Gasteiger partial charge is 0.355 e. The molecular formula is C13H24ClNO. The summed E-state index contributed by atoms with van der Waals surface area (Å²) in [4.78, 5) is 11.9. The van der Waals surface area contributed by atoms with E-state index in [1.54, 1.807) is 0 Å². The summed E-state index contributed by atoms with van der Waals surface area (Å²) in [5.41, 5.74) is -0.000819. The Bertz CT molecular complexity index is 232. The monoisotopic (exact) mass is 245 g/mol. The van der Waals surface area contributed by atoms with E-state index < -0.39 is 0 Å². The second-order valence-corrected chi connectivity index (χ2v) is 6.24. The van der Waals surface area contributed by atoms with Gasteiger partial charge < -0.3 is 5.32 Å². The number of halogens is 1. The van der Waals surface area contributed by atoms with Crippen molar-refractivity contribution in [2.24, 2.45) is 17.3 Å². The van der Waals surface area contributed by atoms with Crippen LogP contribution >= 0.6 is 11.6 Å². The molecule has 0 aromatic rings. The van der Waals surface area contributed by atoms with Crippen LogP contribution in [0.25, 0.3) is 0 Å². The zero-order chi connectivity index (χ0) is 12.2. The Kier molecular flexibility index (Phi) is 5.10. The molecule has 1 aliphatic rings. The van der Waals surface area contributed by atoms with Crippen molar-refractivity contribution in [3.8, 4) is 0 Å². The van der Waals surface area contributed by atoms with E-state index in [1.807, 2.05) is 0 Å². The number of carbonyl (C=O) groups is 1. The minimum Gasteiger partial charge on any atom is -0.355 e. The number of rotatable bonds is 4. The molecule has 94 valence electrons. The van der Waals surface area contributed by atoms with Gasteiger partial charge in [-0.3, -0.25) is 4.79 Å². The van der Waals surface area contributed by atoms with Gasteiger partial charge in [0, 0.05) is 18.3 Å². The fraction of sp³-hybridized carbons (Fsp3) is 0.923. The van der Waals surface area contributed by atoms with Gasteiger partial charge in [0.15, 0.2) is 0 Å². The third kappa shape index (κ3) is 4.32. The second kappa shape index (κ2) is 5.90. The molecule has 1 saturated carbocycles. The molecule has 16 heavy (non-hydrogen) atoms. The van der Waals surface area contributed by atoms with Crippen LogP contribution in [0.2, 0.25) is 0 Å². The molecule has 0 bridgehead atoms. The molecule has 0 aromatic heterocycles. The fourth-order valence-electron chi connectivity index (χ4n) is 2.04. The van der Waals surface area contributed by atoms with Gasteiger partial charge >= 0.3 is 0 Å². The number of amides is 1. The Labute approximate surface area is 104 Å². The third-order valence-corrected chi connectivity index (χ3v) is 4.21. The van der Waals surface area contributed by atoms with E-state index >= 15 is 0 Å². The lowest BCUT2D eigenvalue weighted by Gasteiger charge is -2.27. The van der Waals surface area contributed by atoms with E-state index in [2.05, 4.69) is 26.1 Å². The Balaban J connectivity index is 2.30. The number of hydrogen-bond donors (Lipinski definition) is 1. The maximum Gasteiger partial charge on any atom is 0.223 e. The fourth-order valence-corrected chi connectivity index (χ4v) is 2.13. The first-order valence-electron chi connectivity index (χ1n) is 6.28. The van der Waals surface area contributed by atoms with Gasteiger partial charge in [-0.25, -0.2) is 0 Å². The molecule has 3 heteroatoms. The predicted octanol–water partition coefficient (Wildman–Crippen LogP) is 3.19. The van der Waals surface area contributed by atoms with Crippen LogP contribution in [0.3, 0.4) is 0 Å². The molecule has 1 rings (SSSR count). The molecule has 0 radical (unpaired) electrons. The van der Waals surface area contributed by atoms with Gasteiger partial charge in [-0.15, -0.1) is 11.6 Å². The molecule has 0 aromatic carbocycles. The topological polar surface area (TPSA) is 29.1 Å². The summed E-state index contributed by atoms with van der Waals surface area (Å²) >= 11 is 5.83. The predicted molar refractivity (Wildman–Crippen MR) is 68.6 cm³/mol. The molecule has 1 amide bonds. The van der Waals surface area contributed by atoms with Gasteiger partial charge in [-0.2, -0.15) is 0 Å². The highest BCUT2D eigenvalue weighted by Crippen LogP contribution is 2.28. The van der Waals surface area contributed by atoms with E-state index in [4.69, 9.17) is 11.6 Å². The Morgan fingerprint density at radius 3 is 2.38 bits per heavy atom. The summed E-state index contributed by atoms with van der Waals surface area (Å²) in [6.45, 7) is 7.10. The van der Waals surface area contributed by atoms with Gasteiger partial charge in [0.25, 0.3) is 0 Å². The average molecular weight is 246 g/mol. The lowest BCUT2D eigenvalue weighted by Crippen LogP contribution is -2.39. The molecule has 0 heterocycles. The lowest BCUT2D eigenvalue weighted by molar-refractivity contribution is -0.126. The zero-order valence-electron chi connectivity index (χ0n) is 10.7. The maximum atomic E-state index is 11.9. The summed E-state index contributed by atoms with van der Waals surface area (Å²) < 4.78 is 0. The molecule has 2 nitrogen and oxygen atoms in total. The van der Waals surface area contributed by atoms with Gasteiger partial charge in [-0.05, 0) is 37.0 Å². The first-order valence-corrected chi connectivity index (χ1v) is 6.82. The van der Waals surface area contributed by atoms with Crippen molar-refractivity contribution in [3.05, 3.63) is 0 Å². The smallest absolute Gasteiger partial charge is 0.223 e. The average Bonchev–Trinajstić information content (AvgIpc) is 2.27. The van der Waals surface area contributed by atoms with Crippen LogP contribution in [0, 0.1) is 17.3 Å². The third-order valence-electron chi connectivity index (χ3n) is 3.49. The SMILES string of the molecule is CC1CCC(C(=O)NCC(C)(C)CCl)CC1. The quantitative estimate of drug-likeness (QED) is 0.758. The van der Waals surface area contributed by atoms with Gasteiger partial charge in [-0.1, -0.05) is 20.8 Å². The summed E-state index contributed by atoms with van der Waals surface area (Å²) in [6, 6.07) is 0. The van der Waals surface area contributed by atoms with Crippen LogP contribution < -0.4 is 5.32 Å². The summed E-state index contributed by atoms with van der Waals surface area (Å²) in [7, 11) is 0. The molecule has 0 spiro atoms. The maximum absolute atomic E-state index is 11.9. The van der Waals surface area contributed by atoms with Crippen LogP contribution in [0.15, 0.2) is 0 Å². The first-order chi connectivity index (χ1) is 7.44. The van der Waals surface area contributed by atoms with Crippen molar-refractivity contribution in [2.45, 2.75) is 46.5 Å². The summed E-state index contributed by atoms with van der Waals surface area (Å²) in [5, 5.41) is 3.04. The summed E-state index contributed by atoms with van der Waals surface area (Å²) in [6.07, 6.45) is 4.48. The van der Waals surface area contributed by atoms with Crippen LogP contribution in [0.1, 0.15) is 46.5 Å². The molecule has 0 atom stereocenters. The molecule has 0 aliphatic heterocycles. The second-order valence-electron chi connectivity index (χ2n) is 5.97. The Hall–Kier alpha value is -0.240. The minimum atomic E-state index is -0.000819. The molecule has 1 N–H and O–H groups in total. The molecular weight excluding hydrogens is 222 g/mol. The highest BCUT2D eigenvalue weighted by Gasteiger charge is 2.25. The normalized spacial score (nSPS) is 26.5. The molecule has 0 unspecified atom stereocenters. The Morgan fingerprint density at radius 1 is 1.31 bits per heavy atom. The van der Waals surface area contributed by atoms with Crippen molar-refractivity contribution in [1.29, 1.82) is 0 Å². The lowest BCUT2D eigenvalue weighted by atomic mass is 9.82. The van der Waals surface area contributed by atoms with Gasteiger partial charge in [0.1, 0.15) is 0 Å². The highest BCUT2D eigenvalue weighted by molar-refractivity contribution is 6.18. The van der Waals surface area contributed by atoms with E-state index in [-0.39, 0.29) is 17.2 Å². The van der Waals surface area contributed by atoms with E-state index in [1.165, 1.54) is 12.8 Å². The first kappa shape index (κ1) is 13.8. The van der Waals surface area contributed by atoms with E-state index in [0.717, 1.165) is 18.8 Å². The molecule has 0 saturated heterocycles. The standard InChI is InChI=1S/C13H24ClNO/c1-10-4-6-11(7-5-10)12(16)15-9-13(2,3)8-14/h10-11H,4-9H2,1-3H3,(H,15,16). The van der Waals surface area contributed by atoms with Crippen LogP contribution in [-0.4, -0.2) is 18.3 Å². The van der Waals surface area contributed by atoms with Crippen molar-refractivity contribution < 1.29 is 4.79 Å². The van der Waals surface area contributed by atoms with Crippen molar-refractivity contribution >= 4 is 17.5 Å². The molecule has 1 aliphatic carbocycles. The minimum absolute atomic E-state index is 0.000819. The Morgan fingerprint density at radius 2 is 1.88 bits per heavy atom.